The minimum Gasteiger partial charge on any atom is -0.450 e. The van der Waals surface area contributed by atoms with Crippen LogP contribution in [0.3, 0.4) is 0 Å². The third kappa shape index (κ3) is 11.5. The molecule has 0 fully saturated rings. The van der Waals surface area contributed by atoms with Gasteiger partial charge in [0.2, 0.25) is 0 Å². The molecule has 17 heavy (non-hydrogen) atoms. The molecule has 1 N–H and O–H groups in total. The average Bonchev–Trinajstić information content (AvgIpc) is 2.31. The van der Waals surface area contributed by atoms with Gasteiger partial charge in [-0.15, -0.1) is 0 Å². The summed E-state index contributed by atoms with van der Waals surface area (Å²) < 4.78 is 15.4. The number of hydrogen-bond donors (Lipinski definition) is 1. The molecular formula is C12H24O5. The van der Waals surface area contributed by atoms with Gasteiger partial charge >= 0.3 is 6.16 Å². The average molecular weight is 248 g/mol. The van der Waals surface area contributed by atoms with Crippen LogP contribution in [0, 0.1) is 0 Å². The molecular weight excluding hydrogens is 224 g/mol. The molecule has 0 radical (unpaired) electrons. The maximum atomic E-state index is 10.1. The van der Waals surface area contributed by atoms with Crippen LogP contribution < -0.4 is 0 Å². The van der Waals surface area contributed by atoms with Crippen molar-refractivity contribution in [2.45, 2.75) is 45.6 Å². The van der Waals surface area contributed by atoms with Gasteiger partial charge < -0.3 is 19.3 Å². The van der Waals surface area contributed by atoms with Crippen molar-refractivity contribution in [1.29, 1.82) is 0 Å². The van der Waals surface area contributed by atoms with E-state index in [1.54, 1.807) is 0 Å². The van der Waals surface area contributed by atoms with Gasteiger partial charge in [0.15, 0.2) is 0 Å². The topological polar surface area (TPSA) is 65.0 Å². The maximum Gasteiger partial charge on any atom is 0.505 e. The fourth-order valence-corrected chi connectivity index (χ4v) is 1.21. The highest BCUT2D eigenvalue weighted by Crippen LogP contribution is 2.01. The van der Waals surface area contributed by atoms with E-state index in [4.69, 9.17) is 14.6 Å². The molecule has 1 unspecified atom stereocenters. The van der Waals surface area contributed by atoms with Crippen molar-refractivity contribution in [3.8, 4) is 0 Å². The van der Waals surface area contributed by atoms with Crippen LogP contribution in [0.15, 0.2) is 0 Å². The van der Waals surface area contributed by atoms with E-state index in [1.165, 1.54) is 0 Å². The third-order valence-electron chi connectivity index (χ3n) is 2.27. The Hall–Kier alpha value is -0.810. The van der Waals surface area contributed by atoms with Crippen molar-refractivity contribution in [3.05, 3.63) is 0 Å². The van der Waals surface area contributed by atoms with Crippen molar-refractivity contribution in [1.82, 2.24) is 0 Å². The van der Waals surface area contributed by atoms with Gasteiger partial charge in [0.1, 0.15) is 0 Å². The molecule has 0 aromatic rings. The molecule has 0 bridgehead atoms. The van der Waals surface area contributed by atoms with Crippen LogP contribution in [0.2, 0.25) is 0 Å². The molecule has 5 nitrogen and oxygen atoms in total. The monoisotopic (exact) mass is 248 g/mol. The molecule has 0 rings (SSSR count). The number of unbranched alkanes of at least 4 members (excludes halogenated alkanes) is 1. The lowest BCUT2D eigenvalue weighted by molar-refractivity contribution is -0.0223. The highest BCUT2D eigenvalue weighted by molar-refractivity contribution is 5.56. The molecule has 0 heterocycles. The first kappa shape index (κ1) is 16.2. The summed E-state index contributed by atoms with van der Waals surface area (Å²) in [5.41, 5.74) is 0. The quantitative estimate of drug-likeness (QED) is 0.450. The second-order valence-electron chi connectivity index (χ2n) is 3.80. The van der Waals surface area contributed by atoms with Gasteiger partial charge in [-0.2, -0.15) is 0 Å². The Morgan fingerprint density at radius 1 is 1.18 bits per heavy atom. The molecule has 5 heteroatoms. The van der Waals surface area contributed by atoms with Gasteiger partial charge in [-0.25, -0.2) is 4.79 Å². The van der Waals surface area contributed by atoms with Crippen LogP contribution in [-0.4, -0.2) is 43.8 Å². The van der Waals surface area contributed by atoms with Gasteiger partial charge in [-0.05, 0) is 12.8 Å². The second kappa shape index (κ2) is 11.7. The Morgan fingerprint density at radius 3 is 2.53 bits per heavy atom. The molecule has 1 atom stereocenters. The molecule has 0 saturated carbocycles. The number of ether oxygens (including phenoxy) is 3. The summed E-state index contributed by atoms with van der Waals surface area (Å²) in [6.45, 7) is 6.22. The van der Waals surface area contributed by atoms with Gasteiger partial charge in [0, 0.05) is 19.6 Å². The summed E-state index contributed by atoms with van der Waals surface area (Å²) in [5.74, 6) is 0. The first-order chi connectivity index (χ1) is 8.20. The zero-order valence-electron chi connectivity index (χ0n) is 10.8. The SMILES string of the molecule is CCCCOC(CC)COCCCOC(=O)O. The molecule has 0 aliphatic carbocycles. The van der Waals surface area contributed by atoms with Crippen molar-refractivity contribution in [2.24, 2.45) is 0 Å². The van der Waals surface area contributed by atoms with Crippen LogP contribution in [0.4, 0.5) is 4.79 Å². The van der Waals surface area contributed by atoms with Gasteiger partial charge in [0.25, 0.3) is 0 Å². The summed E-state index contributed by atoms with van der Waals surface area (Å²) >= 11 is 0. The van der Waals surface area contributed by atoms with Gasteiger partial charge in [-0.1, -0.05) is 20.3 Å². The fourth-order valence-electron chi connectivity index (χ4n) is 1.21. The summed E-state index contributed by atoms with van der Waals surface area (Å²) in [6, 6.07) is 0. The van der Waals surface area contributed by atoms with E-state index in [-0.39, 0.29) is 12.7 Å². The normalized spacial score (nSPS) is 12.4. The number of carbonyl (C=O) groups is 1. The molecule has 0 amide bonds. The minimum atomic E-state index is -1.24. The van der Waals surface area contributed by atoms with Crippen LogP contribution in [0.1, 0.15) is 39.5 Å². The first-order valence-electron chi connectivity index (χ1n) is 6.25. The zero-order valence-corrected chi connectivity index (χ0v) is 10.8. The van der Waals surface area contributed by atoms with E-state index in [0.717, 1.165) is 25.9 Å². The standard InChI is InChI=1S/C12H24O5/c1-3-5-8-16-11(4-2)10-15-7-6-9-17-12(13)14/h11H,3-10H2,1-2H3,(H,13,14). The molecule has 0 aliphatic rings. The Morgan fingerprint density at radius 2 is 1.94 bits per heavy atom. The highest BCUT2D eigenvalue weighted by atomic mass is 16.7. The minimum absolute atomic E-state index is 0.141. The van der Waals surface area contributed by atoms with Gasteiger partial charge in [-0.3, -0.25) is 0 Å². The second-order valence-corrected chi connectivity index (χ2v) is 3.80. The van der Waals surface area contributed by atoms with Crippen molar-refractivity contribution < 1.29 is 24.1 Å². The fraction of sp³-hybridized carbons (Fsp3) is 0.917. The van der Waals surface area contributed by atoms with Crippen LogP contribution in [0.25, 0.3) is 0 Å². The van der Waals surface area contributed by atoms with Crippen LogP contribution in [0.5, 0.6) is 0 Å². The number of carboxylic acid groups (broad SMARTS) is 1. The molecule has 0 aliphatic heterocycles. The van der Waals surface area contributed by atoms with E-state index in [1.807, 2.05) is 0 Å². The Bertz CT molecular complexity index is 184. The largest absolute Gasteiger partial charge is 0.505 e. The molecule has 0 aromatic carbocycles. The summed E-state index contributed by atoms with van der Waals surface area (Å²) in [6.07, 6.45) is 2.61. The zero-order chi connectivity index (χ0) is 12.9. The smallest absolute Gasteiger partial charge is 0.450 e. The van der Waals surface area contributed by atoms with Crippen LogP contribution >= 0.6 is 0 Å². The Labute approximate surface area is 103 Å². The van der Waals surface area contributed by atoms with E-state index in [9.17, 15) is 4.79 Å². The summed E-state index contributed by atoms with van der Waals surface area (Å²) in [7, 11) is 0. The summed E-state index contributed by atoms with van der Waals surface area (Å²) in [5, 5.41) is 8.23. The summed E-state index contributed by atoms with van der Waals surface area (Å²) in [4.78, 5) is 10.1. The van der Waals surface area contributed by atoms with E-state index < -0.39 is 6.16 Å². The molecule has 0 spiro atoms. The lowest BCUT2D eigenvalue weighted by atomic mass is 10.3. The Kier molecular flexibility index (Phi) is 11.1. The number of hydrogen-bond acceptors (Lipinski definition) is 4. The third-order valence-corrected chi connectivity index (χ3v) is 2.27. The Balaban J connectivity index is 3.33. The molecule has 0 saturated heterocycles. The highest BCUT2D eigenvalue weighted by Gasteiger charge is 2.06. The van der Waals surface area contributed by atoms with Gasteiger partial charge in [0.05, 0.1) is 19.3 Å². The molecule has 0 aromatic heterocycles. The van der Waals surface area contributed by atoms with E-state index in [2.05, 4.69) is 18.6 Å². The van der Waals surface area contributed by atoms with E-state index in [0.29, 0.717) is 19.6 Å². The maximum absolute atomic E-state index is 10.1. The van der Waals surface area contributed by atoms with Crippen molar-refractivity contribution >= 4 is 6.16 Å². The van der Waals surface area contributed by atoms with E-state index >= 15 is 0 Å². The van der Waals surface area contributed by atoms with Crippen molar-refractivity contribution in [2.75, 3.05) is 26.4 Å². The van der Waals surface area contributed by atoms with Crippen molar-refractivity contribution in [3.63, 3.8) is 0 Å². The molecule has 102 valence electrons. The van der Waals surface area contributed by atoms with Crippen LogP contribution in [-0.2, 0) is 14.2 Å². The lowest BCUT2D eigenvalue weighted by Crippen LogP contribution is -2.20. The lowest BCUT2D eigenvalue weighted by Gasteiger charge is -2.16. The number of rotatable bonds is 11. The predicted octanol–water partition coefficient (Wildman–Crippen LogP) is 2.68. The first-order valence-corrected chi connectivity index (χ1v) is 6.25. The predicted molar refractivity (Wildman–Crippen MR) is 64.4 cm³/mol.